The van der Waals surface area contributed by atoms with Gasteiger partial charge in [-0.25, -0.2) is 0 Å². The Morgan fingerprint density at radius 1 is 1.14 bits per heavy atom. The first-order valence-electron chi connectivity index (χ1n) is 0.647. The van der Waals surface area contributed by atoms with Crippen LogP contribution in [-0.4, -0.2) is 27.2 Å². The second kappa shape index (κ2) is 5.28. The van der Waals surface area contributed by atoms with Crippen molar-refractivity contribution in [3.63, 3.8) is 0 Å². The molecular formula is H3CoLiMnO4. The predicted octanol–water partition coefficient (Wildman–Crippen LogP) is -2.01. The van der Waals surface area contributed by atoms with E-state index in [4.69, 9.17) is 16.0 Å². The van der Waals surface area contributed by atoms with Gasteiger partial charge in [-0.2, -0.15) is 0 Å². The third kappa shape index (κ3) is 145. The summed E-state index contributed by atoms with van der Waals surface area (Å²) in [6.45, 7) is 0. The SMILES string of the molecule is [Co].[LiH].[O]=[Mn](=[O])([OH])[OH]. The average Bonchev–Trinajstić information content (AvgIpc) is 0.722. The average molecular weight is 188 g/mol. The molecule has 0 saturated heterocycles. The monoisotopic (exact) mass is 188 g/mol. The van der Waals surface area contributed by atoms with Crippen LogP contribution in [0.15, 0.2) is 0 Å². The molecule has 0 spiro atoms. The fourth-order valence-electron chi connectivity index (χ4n) is 0. The fraction of sp³-hybridized carbons (Fsp3) is 0. The molecule has 4 nitrogen and oxygen atoms in total. The zero-order valence-electron chi connectivity index (χ0n) is 2.42. The first kappa shape index (κ1) is 15.7. The zero-order valence-corrected chi connectivity index (χ0v) is 4.64. The zero-order chi connectivity index (χ0) is 4.50. The Hall–Kier alpha value is 1.14. The molecule has 7 heteroatoms. The second-order valence-electron chi connectivity index (χ2n) is 0.415. The molecule has 0 aliphatic heterocycles. The van der Waals surface area contributed by atoms with Crippen LogP contribution in [0.4, 0.5) is 0 Å². The molecule has 0 heterocycles. The minimum atomic E-state index is -5.12. The van der Waals surface area contributed by atoms with Crippen LogP contribution in [0.5, 0.6) is 0 Å². The van der Waals surface area contributed by atoms with Gasteiger partial charge in [0, 0.05) is 16.8 Å². The van der Waals surface area contributed by atoms with Gasteiger partial charge in [0.15, 0.2) is 0 Å². The normalized spacial score (nSPS) is 8.29. The fourth-order valence-corrected chi connectivity index (χ4v) is 0. The third-order valence-corrected chi connectivity index (χ3v) is 0. The Morgan fingerprint density at radius 2 is 1.14 bits per heavy atom. The van der Waals surface area contributed by atoms with Gasteiger partial charge in [-0.1, -0.05) is 0 Å². The Balaban J connectivity index is -0.0000000800. The van der Waals surface area contributed by atoms with E-state index in [9.17, 15) is 0 Å². The summed E-state index contributed by atoms with van der Waals surface area (Å²) < 4.78 is 31.8. The van der Waals surface area contributed by atoms with Crippen LogP contribution in [0.1, 0.15) is 0 Å². The van der Waals surface area contributed by atoms with Crippen molar-refractivity contribution in [3.8, 4) is 0 Å². The molecule has 0 fully saturated rings. The molecule has 0 aromatic rings. The first-order valence-corrected chi connectivity index (χ1v) is 2.67. The van der Waals surface area contributed by atoms with Gasteiger partial charge in [-0.05, 0) is 0 Å². The molecule has 0 unspecified atom stereocenters. The molecule has 0 aromatic heterocycles. The molecule has 44 valence electrons. The van der Waals surface area contributed by atoms with Crippen LogP contribution >= 0.6 is 0 Å². The van der Waals surface area contributed by atoms with E-state index < -0.39 is 13.4 Å². The molecule has 0 atom stereocenters. The summed E-state index contributed by atoms with van der Waals surface area (Å²) in [4.78, 5) is 0. The van der Waals surface area contributed by atoms with E-state index in [-0.39, 0.29) is 35.6 Å². The van der Waals surface area contributed by atoms with Gasteiger partial charge in [0.25, 0.3) is 0 Å². The molecule has 2 N–H and O–H groups in total. The summed E-state index contributed by atoms with van der Waals surface area (Å²) in [5.74, 6) is 0. The van der Waals surface area contributed by atoms with E-state index >= 15 is 0 Å². The molecule has 0 saturated carbocycles. The van der Waals surface area contributed by atoms with Crippen molar-refractivity contribution in [3.05, 3.63) is 0 Å². The van der Waals surface area contributed by atoms with E-state index in [1.165, 1.54) is 0 Å². The Bertz CT molecular complexity index is 94.9. The van der Waals surface area contributed by atoms with Gasteiger partial charge < -0.3 is 0 Å². The van der Waals surface area contributed by atoms with Crippen molar-refractivity contribution in [1.82, 2.24) is 0 Å². The van der Waals surface area contributed by atoms with Crippen molar-refractivity contribution < 1.29 is 46.2 Å². The van der Waals surface area contributed by atoms with E-state index in [1.54, 1.807) is 0 Å². The van der Waals surface area contributed by atoms with E-state index in [0.29, 0.717) is 0 Å². The van der Waals surface area contributed by atoms with Gasteiger partial charge in [0.05, 0.1) is 0 Å². The van der Waals surface area contributed by atoms with Crippen molar-refractivity contribution in [2.75, 3.05) is 0 Å². The Kier molecular flexibility index (Phi) is 11.9. The molecule has 0 bridgehead atoms. The van der Waals surface area contributed by atoms with Crippen LogP contribution in [0.2, 0.25) is 0 Å². The minimum absolute atomic E-state index is 0. The van der Waals surface area contributed by atoms with Crippen LogP contribution in [0, 0.1) is 0 Å². The van der Waals surface area contributed by atoms with Crippen LogP contribution < -0.4 is 0 Å². The second-order valence-corrected chi connectivity index (χ2v) is 1.71. The summed E-state index contributed by atoms with van der Waals surface area (Å²) in [7, 11) is 0. The molecular weight excluding hydrogens is 185 g/mol. The van der Waals surface area contributed by atoms with Gasteiger partial charge in [-0.3, -0.25) is 0 Å². The van der Waals surface area contributed by atoms with Crippen LogP contribution in [0.25, 0.3) is 0 Å². The van der Waals surface area contributed by atoms with E-state index in [2.05, 4.69) is 0 Å². The maximum atomic E-state index is 8.80. The molecule has 0 aliphatic carbocycles. The number of rotatable bonds is 0. The topological polar surface area (TPSA) is 74.6 Å². The summed E-state index contributed by atoms with van der Waals surface area (Å²) >= 11 is -5.12. The van der Waals surface area contributed by atoms with Crippen molar-refractivity contribution in [1.29, 1.82) is 0 Å². The standard InChI is InChI=1S/Co.Li.Mn.2H2O.2O.H/h;;;2*1H2;;;/q;;+2;;;;;/p-2. The molecule has 0 amide bonds. The van der Waals surface area contributed by atoms with Crippen molar-refractivity contribution in [2.24, 2.45) is 0 Å². The summed E-state index contributed by atoms with van der Waals surface area (Å²) in [5.41, 5.74) is 0. The Labute approximate surface area is 64.9 Å². The molecule has 0 aromatic carbocycles. The first-order chi connectivity index (χ1) is 2.00. The van der Waals surface area contributed by atoms with Gasteiger partial charge in [-0.15, -0.1) is 0 Å². The third-order valence-electron chi connectivity index (χ3n) is 0. The van der Waals surface area contributed by atoms with Crippen LogP contribution in [0.3, 0.4) is 0 Å². The van der Waals surface area contributed by atoms with E-state index in [0.717, 1.165) is 0 Å². The van der Waals surface area contributed by atoms with E-state index in [1.807, 2.05) is 0 Å². The van der Waals surface area contributed by atoms with Gasteiger partial charge >= 0.3 is 48.3 Å². The quantitative estimate of drug-likeness (QED) is 0.431. The predicted molar refractivity (Wildman–Crippen MR) is 13.0 cm³/mol. The van der Waals surface area contributed by atoms with Gasteiger partial charge in [0.1, 0.15) is 0 Å². The summed E-state index contributed by atoms with van der Waals surface area (Å²) in [6.07, 6.45) is 0. The summed E-state index contributed by atoms with van der Waals surface area (Å²) in [5, 5.41) is 0. The number of hydrogen-bond donors (Lipinski definition) is 2. The molecule has 7 heavy (non-hydrogen) atoms. The maximum absolute atomic E-state index is 8.80. The molecule has 0 aliphatic rings. The van der Waals surface area contributed by atoms with Gasteiger partial charge in [0.2, 0.25) is 0 Å². The van der Waals surface area contributed by atoms with Crippen LogP contribution in [-0.2, 0) is 37.8 Å². The molecule has 1 radical (unpaired) electrons. The summed E-state index contributed by atoms with van der Waals surface area (Å²) in [6, 6.07) is 0. The van der Waals surface area contributed by atoms with Crippen molar-refractivity contribution in [2.45, 2.75) is 0 Å². The molecule has 0 rings (SSSR count). The van der Waals surface area contributed by atoms with Crippen molar-refractivity contribution >= 4 is 18.9 Å². The number of hydrogen-bond acceptors (Lipinski definition) is 2. The Morgan fingerprint density at radius 3 is 1.14 bits per heavy atom.